The quantitative estimate of drug-likeness (QED) is 0.798. The molecule has 1 atom stereocenters. The number of nitrogens with zero attached hydrogens (tertiary/aromatic N) is 2. The number of amides is 1. The molecule has 1 aliphatic rings. The van der Waals surface area contributed by atoms with Gasteiger partial charge in [0.15, 0.2) is 0 Å². The Balaban J connectivity index is 2.06. The molecule has 134 valence electrons. The molecule has 0 aromatic heterocycles. The Labute approximate surface area is 143 Å². The molecule has 0 radical (unpaired) electrons. The maximum absolute atomic E-state index is 12.7. The lowest BCUT2D eigenvalue weighted by Crippen LogP contribution is -2.46. The predicted molar refractivity (Wildman–Crippen MR) is 91.5 cm³/mol. The van der Waals surface area contributed by atoms with Crippen LogP contribution >= 0.6 is 0 Å². The summed E-state index contributed by atoms with van der Waals surface area (Å²) in [6, 6.07) is 5.86. The monoisotopic (exact) mass is 355 g/mol. The van der Waals surface area contributed by atoms with Gasteiger partial charge in [-0.2, -0.15) is 4.31 Å². The van der Waals surface area contributed by atoms with Crippen LogP contribution in [0.15, 0.2) is 29.2 Å². The Kier molecular flexibility index (Phi) is 6.34. The number of ether oxygens (including phenoxy) is 1. The lowest BCUT2D eigenvalue weighted by Gasteiger charge is -2.32. The van der Waals surface area contributed by atoms with E-state index in [0.717, 1.165) is 6.54 Å². The lowest BCUT2D eigenvalue weighted by molar-refractivity contribution is 0.0393. The highest BCUT2D eigenvalue weighted by molar-refractivity contribution is 7.89. The highest BCUT2D eigenvalue weighted by Gasteiger charge is 2.31. The van der Waals surface area contributed by atoms with Crippen LogP contribution in [0.1, 0.15) is 17.3 Å². The summed E-state index contributed by atoms with van der Waals surface area (Å²) in [5.74, 6) is -0.208. The molecule has 0 saturated carbocycles. The molecule has 24 heavy (non-hydrogen) atoms. The van der Waals surface area contributed by atoms with Gasteiger partial charge in [-0.05, 0) is 45.3 Å². The van der Waals surface area contributed by atoms with Crippen LogP contribution in [0.5, 0.6) is 0 Å². The zero-order valence-electron chi connectivity index (χ0n) is 14.4. The molecule has 1 aromatic carbocycles. The van der Waals surface area contributed by atoms with Crippen molar-refractivity contribution < 1.29 is 17.9 Å². The molecule has 0 aliphatic carbocycles. The molecule has 1 N–H and O–H groups in total. The van der Waals surface area contributed by atoms with Gasteiger partial charge in [0.25, 0.3) is 5.91 Å². The number of hydrogen-bond acceptors (Lipinski definition) is 5. The topological polar surface area (TPSA) is 78.9 Å². The van der Waals surface area contributed by atoms with Crippen molar-refractivity contribution >= 4 is 15.9 Å². The van der Waals surface area contributed by atoms with E-state index in [1.165, 1.54) is 16.4 Å². The molecule has 8 heteroatoms. The van der Waals surface area contributed by atoms with Gasteiger partial charge in [-0.1, -0.05) is 0 Å². The highest BCUT2D eigenvalue weighted by atomic mass is 32.2. The van der Waals surface area contributed by atoms with E-state index in [1.54, 1.807) is 12.1 Å². The Bertz CT molecular complexity index is 658. The third-order valence-corrected chi connectivity index (χ3v) is 5.90. The summed E-state index contributed by atoms with van der Waals surface area (Å²) in [5, 5.41) is 2.80. The maximum Gasteiger partial charge on any atom is 0.251 e. The number of morpholine rings is 1. The van der Waals surface area contributed by atoms with Gasteiger partial charge >= 0.3 is 0 Å². The Morgan fingerprint density at radius 1 is 1.33 bits per heavy atom. The van der Waals surface area contributed by atoms with Crippen molar-refractivity contribution in [2.45, 2.75) is 17.9 Å². The van der Waals surface area contributed by atoms with Crippen LogP contribution in [0.25, 0.3) is 0 Å². The molecular formula is C16H25N3O4S. The van der Waals surface area contributed by atoms with Gasteiger partial charge in [0.2, 0.25) is 10.0 Å². The van der Waals surface area contributed by atoms with Gasteiger partial charge in [0.05, 0.1) is 18.1 Å². The van der Waals surface area contributed by atoms with Gasteiger partial charge in [-0.25, -0.2) is 8.42 Å². The van der Waals surface area contributed by atoms with Crippen molar-refractivity contribution in [1.29, 1.82) is 0 Å². The smallest absolute Gasteiger partial charge is 0.251 e. The van der Waals surface area contributed by atoms with Gasteiger partial charge in [-0.3, -0.25) is 4.79 Å². The zero-order chi connectivity index (χ0) is 17.7. The van der Waals surface area contributed by atoms with Crippen LogP contribution in [0.4, 0.5) is 0 Å². The molecule has 1 heterocycles. The minimum absolute atomic E-state index is 0.195. The fraction of sp³-hybridized carbons (Fsp3) is 0.562. The summed E-state index contributed by atoms with van der Waals surface area (Å²) in [6.45, 7) is 4.24. The number of sulfonamides is 1. The van der Waals surface area contributed by atoms with Crippen LogP contribution in [0.3, 0.4) is 0 Å². The molecule has 1 unspecified atom stereocenters. The van der Waals surface area contributed by atoms with Gasteiger partial charge in [-0.15, -0.1) is 0 Å². The van der Waals surface area contributed by atoms with Crippen LogP contribution in [-0.2, 0) is 14.8 Å². The van der Waals surface area contributed by atoms with Gasteiger partial charge in [0, 0.05) is 31.2 Å². The van der Waals surface area contributed by atoms with Crippen LogP contribution < -0.4 is 5.32 Å². The van der Waals surface area contributed by atoms with Crippen molar-refractivity contribution in [1.82, 2.24) is 14.5 Å². The van der Waals surface area contributed by atoms with Crippen molar-refractivity contribution in [2.75, 3.05) is 46.9 Å². The molecule has 7 nitrogen and oxygen atoms in total. The Morgan fingerprint density at radius 2 is 2.00 bits per heavy atom. The second-order valence-electron chi connectivity index (χ2n) is 6.12. The number of rotatable bonds is 6. The van der Waals surface area contributed by atoms with Crippen LogP contribution in [-0.4, -0.2) is 76.5 Å². The standard InChI is InChI=1S/C16H25N3O4S/c1-13-12-23-11-10-19(13)24(21,22)15-6-4-14(5-7-15)16(20)17-8-9-18(2)3/h4-7,13H,8-12H2,1-3H3,(H,17,20). The molecule has 0 bridgehead atoms. The molecule has 2 rings (SSSR count). The normalized spacial score (nSPS) is 19.4. The van der Waals surface area contributed by atoms with E-state index in [2.05, 4.69) is 5.32 Å². The predicted octanol–water partition coefficient (Wildman–Crippen LogP) is 0.387. The average Bonchev–Trinajstić information content (AvgIpc) is 2.54. The molecule has 1 fully saturated rings. The summed E-state index contributed by atoms with van der Waals surface area (Å²) in [7, 11) is 0.291. The number of carbonyl (C=O) groups excluding carboxylic acids is 1. The number of nitrogens with one attached hydrogen (secondary N) is 1. The van der Waals surface area contributed by atoms with E-state index in [9.17, 15) is 13.2 Å². The first kappa shape index (κ1) is 18.9. The average molecular weight is 355 g/mol. The van der Waals surface area contributed by atoms with Crippen LogP contribution in [0, 0.1) is 0 Å². The fourth-order valence-electron chi connectivity index (χ4n) is 2.48. The number of likely N-dealkylation sites (N-methyl/N-ethyl adjacent to an activating group) is 1. The summed E-state index contributed by atoms with van der Waals surface area (Å²) >= 11 is 0. The minimum atomic E-state index is -3.57. The third-order valence-electron chi connectivity index (χ3n) is 3.87. The molecular weight excluding hydrogens is 330 g/mol. The second-order valence-corrected chi connectivity index (χ2v) is 8.01. The summed E-state index contributed by atoms with van der Waals surface area (Å²) < 4.78 is 32.1. The largest absolute Gasteiger partial charge is 0.378 e. The van der Waals surface area contributed by atoms with Crippen molar-refractivity contribution in [3.8, 4) is 0 Å². The molecule has 1 aromatic rings. The van der Waals surface area contributed by atoms with Crippen molar-refractivity contribution in [2.24, 2.45) is 0 Å². The zero-order valence-corrected chi connectivity index (χ0v) is 15.2. The van der Waals surface area contributed by atoms with E-state index in [1.807, 2.05) is 25.9 Å². The first-order valence-electron chi connectivity index (χ1n) is 7.95. The van der Waals surface area contributed by atoms with Gasteiger partial charge in [0.1, 0.15) is 0 Å². The van der Waals surface area contributed by atoms with Crippen molar-refractivity contribution in [3.05, 3.63) is 29.8 Å². The van der Waals surface area contributed by atoms with Gasteiger partial charge < -0.3 is 15.0 Å². The summed E-state index contributed by atoms with van der Waals surface area (Å²) in [6.07, 6.45) is 0. The number of carbonyl (C=O) groups is 1. The molecule has 0 spiro atoms. The van der Waals surface area contributed by atoms with Crippen molar-refractivity contribution in [3.63, 3.8) is 0 Å². The van der Waals surface area contributed by atoms with E-state index in [4.69, 9.17) is 4.74 Å². The number of benzene rings is 1. The first-order valence-corrected chi connectivity index (χ1v) is 9.39. The highest BCUT2D eigenvalue weighted by Crippen LogP contribution is 2.20. The molecule has 1 amide bonds. The molecule has 1 aliphatic heterocycles. The summed E-state index contributed by atoms with van der Waals surface area (Å²) in [4.78, 5) is 14.2. The maximum atomic E-state index is 12.7. The molecule has 1 saturated heterocycles. The third kappa shape index (κ3) is 4.54. The van der Waals surface area contributed by atoms with Crippen LogP contribution in [0.2, 0.25) is 0 Å². The Hall–Kier alpha value is -1.48. The minimum Gasteiger partial charge on any atom is -0.378 e. The van der Waals surface area contributed by atoms with E-state index >= 15 is 0 Å². The van der Waals surface area contributed by atoms with E-state index < -0.39 is 10.0 Å². The Morgan fingerprint density at radius 3 is 2.58 bits per heavy atom. The first-order chi connectivity index (χ1) is 11.3. The second kappa shape index (κ2) is 8.06. The SMILES string of the molecule is CC1COCCN1S(=O)(=O)c1ccc(C(=O)NCCN(C)C)cc1. The lowest BCUT2D eigenvalue weighted by atomic mass is 10.2. The fourth-order valence-corrected chi connectivity index (χ4v) is 4.08. The van der Waals surface area contributed by atoms with E-state index in [-0.39, 0.29) is 16.8 Å². The number of hydrogen-bond donors (Lipinski definition) is 1. The van der Waals surface area contributed by atoms with E-state index in [0.29, 0.717) is 31.9 Å². The summed E-state index contributed by atoms with van der Waals surface area (Å²) in [5.41, 5.74) is 0.447.